The van der Waals surface area contributed by atoms with Crippen molar-refractivity contribution in [3.05, 3.63) is 113 Å². The molecular weight excluding hydrogens is 1280 g/mol. The quantitative estimate of drug-likeness (QED) is 0.0219. The van der Waals surface area contributed by atoms with Gasteiger partial charge in [0.15, 0.2) is 0 Å². The molecule has 498 valence electrons. The number of sulfonamides is 2. The number of ether oxygens (including phenoxy) is 6. The number of nitrogens with one attached hydrogen (secondary N) is 6. The summed E-state index contributed by atoms with van der Waals surface area (Å²) in [4.78, 5) is 29.5. The van der Waals surface area contributed by atoms with Crippen LogP contribution in [0.2, 0.25) is 20.1 Å². The minimum atomic E-state index is -3.87. The van der Waals surface area contributed by atoms with Crippen molar-refractivity contribution in [3.63, 3.8) is 0 Å². The zero-order valence-electron chi connectivity index (χ0n) is 51.7. The van der Waals surface area contributed by atoms with Gasteiger partial charge in [-0.1, -0.05) is 46.4 Å². The van der Waals surface area contributed by atoms with Gasteiger partial charge in [0, 0.05) is 95.7 Å². The molecule has 90 heavy (non-hydrogen) atoms. The molecule has 0 spiro atoms. The number of carbonyl (C=O) groups excluding carboxylic acids is 2. The summed E-state index contributed by atoms with van der Waals surface area (Å²) in [5.41, 5.74) is 19.0. The van der Waals surface area contributed by atoms with Crippen LogP contribution in [0.25, 0.3) is 0 Å². The molecule has 6 atom stereocenters. The number of benzene rings is 4. The third-order valence-electron chi connectivity index (χ3n) is 16.5. The van der Waals surface area contributed by atoms with E-state index in [1.807, 2.05) is 26.0 Å². The maximum atomic E-state index is 13.4. The summed E-state index contributed by atoms with van der Waals surface area (Å²) in [6.45, 7) is 13.7. The Morgan fingerprint density at radius 1 is 0.500 bits per heavy atom. The van der Waals surface area contributed by atoms with Crippen molar-refractivity contribution in [2.24, 2.45) is 11.5 Å². The first-order valence-corrected chi connectivity index (χ1v) is 35.4. The Bertz CT molecular complexity index is 3110. The van der Waals surface area contributed by atoms with Crippen LogP contribution in [0.5, 0.6) is 11.5 Å². The van der Waals surface area contributed by atoms with E-state index in [0.717, 1.165) is 74.1 Å². The van der Waals surface area contributed by atoms with Gasteiger partial charge in [0.25, 0.3) is 0 Å². The monoisotopic (exact) mass is 1370 g/mol. The normalized spacial score (nSPS) is 20.4. The highest BCUT2D eigenvalue weighted by Crippen LogP contribution is 2.46. The molecule has 0 unspecified atom stereocenters. The Labute approximate surface area is 550 Å². The molecule has 0 radical (unpaired) electrons. The fourth-order valence-corrected chi connectivity index (χ4v) is 15.8. The lowest BCUT2D eigenvalue weighted by molar-refractivity contribution is 0.0516. The van der Waals surface area contributed by atoms with E-state index in [1.165, 1.54) is 0 Å². The molecule has 8 rings (SSSR count). The number of aryl methyl sites for hydroxylation is 4. The molecular formula is C62H88Cl4N10O12S2. The van der Waals surface area contributed by atoms with Crippen molar-refractivity contribution in [2.45, 2.75) is 125 Å². The van der Waals surface area contributed by atoms with E-state index in [0.29, 0.717) is 92.6 Å². The number of fused-ring (bicyclic) bond motifs is 2. The smallest absolute Gasteiger partial charge is 0.314 e. The molecule has 2 heterocycles. The fraction of sp³-hybridized carbons (Fsp3) is 0.581. The molecule has 2 fully saturated rings. The average molecular weight is 1370 g/mol. The minimum absolute atomic E-state index is 0.00547. The van der Waals surface area contributed by atoms with Crippen molar-refractivity contribution in [2.75, 3.05) is 118 Å². The molecule has 2 aliphatic carbocycles. The van der Waals surface area contributed by atoms with Crippen molar-refractivity contribution in [1.29, 1.82) is 0 Å². The van der Waals surface area contributed by atoms with E-state index in [-0.39, 0.29) is 137 Å². The van der Waals surface area contributed by atoms with E-state index in [1.54, 1.807) is 50.2 Å². The van der Waals surface area contributed by atoms with Gasteiger partial charge in [-0.2, -0.15) is 0 Å². The number of hydrogen-bond acceptors (Lipinski definition) is 16. The third-order valence-corrected chi connectivity index (χ3v) is 20.9. The van der Waals surface area contributed by atoms with E-state index >= 15 is 0 Å². The van der Waals surface area contributed by atoms with Crippen LogP contribution in [-0.2, 0) is 51.8 Å². The van der Waals surface area contributed by atoms with Gasteiger partial charge < -0.3 is 61.2 Å². The molecule has 0 saturated carbocycles. The molecule has 4 aromatic rings. The summed E-state index contributed by atoms with van der Waals surface area (Å²) < 4.78 is 94.7. The van der Waals surface area contributed by atoms with E-state index in [9.17, 15) is 26.4 Å². The number of rotatable bonds is 33. The van der Waals surface area contributed by atoms with Crippen molar-refractivity contribution in [1.82, 2.24) is 40.5 Å². The van der Waals surface area contributed by atoms with Gasteiger partial charge in [0.1, 0.15) is 23.7 Å². The second-order valence-corrected chi connectivity index (χ2v) is 28.6. The first-order valence-electron chi connectivity index (χ1n) is 30.9. The number of hydrogen-bond donors (Lipinski definition) is 8. The summed E-state index contributed by atoms with van der Waals surface area (Å²) in [6, 6.07) is 13.6. The van der Waals surface area contributed by atoms with Crippen LogP contribution in [-0.4, -0.2) is 181 Å². The van der Waals surface area contributed by atoms with Gasteiger partial charge >= 0.3 is 12.1 Å². The van der Waals surface area contributed by atoms with Crippen molar-refractivity contribution in [3.8, 4) is 11.5 Å². The number of urea groups is 2. The lowest BCUT2D eigenvalue weighted by atomic mass is 10.0. The number of amides is 4. The second-order valence-electron chi connectivity index (χ2n) is 23.4. The first-order chi connectivity index (χ1) is 43.1. The highest BCUT2D eigenvalue weighted by molar-refractivity contribution is 7.89. The lowest BCUT2D eigenvalue weighted by Crippen LogP contribution is -2.49. The molecule has 2 aliphatic heterocycles. The van der Waals surface area contributed by atoms with Gasteiger partial charge in [0.2, 0.25) is 20.0 Å². The molecule has 22 nitrogen and oxygen atoms in total. The number of nitrogens with two attached hydrogens (primary N) is 2. The molecule has 4 aromatic carbocycles. The summed E-state index contributed by atoms with van der Waals surface area (Å²) in [5, 5.41) is 13.2. The van der Waals surface area contributed by atoms with Crippen molar-refractivity contribution >= 4 is 78.5 Å². The predicted octanol–water partition coefficient (Wildman–Crippen LogP) is 7.17. The Hall–Kier alpha value is -4.32. The van der Waals surface area contributed by atoms with E-state index < -0.39 is 20.0 Å². The van der Waals surface area contributed by atoms with Gasteiger partial charge in [-0.3, -0.25) is 9.80 Å². The molecule has 0 aromatic heterocycles. The Kier molecular flexibility index (Phi) is 27.2. The summed E-state index contributed by atoms with van der Waals surface area (Å²) in [6.07, 6.45) is 5.87. The molecule has 4 aliphatic rings. The number of carbonyl (C=O) groups is 2. The highest BCUT2D eigenvalue weighted by atomic mass is 35.5. The zero-order valence-corrected chi connectivity index (χ0v) is 56.4. The fourth-order valence-electron chi connectivity index (χ4n) is 12.0. The summed E-state index contributed by atoms with van der Waals surface area (Å²) >= 11 is 26.3. The van der Waals surface area contributed by atoms with Gasteiger partial charge in [0.05, 0.1) is 74.7 Å². The summed E-state index contributed by atoms with van der Waals surface area (Å²) in [7, 11) is -7.74. The number of unbranched alkanes of at least 4 members (excludes halogenated alkanes) is 1. The van der Waals surface area contributed by atoms with Gasteiger partial charge in [-0.25, -0.2) is 35.9 Å². The van der Waals surface area contributed by atoms with Gasteiger partial charge in [-0.15, -0.1) is 0 Å². The number of nitrogens with zero attached hydrogens (tertiary/aromatic N) is 2. The molecule has 28 heteroatoms. The maximum absolute atomic E-state index is 13.4. The van der Waals surface area contributed by atoms with Crippen LogP contribution in [0.1, 0.15) is 95.2 Å². The maximum Gasteiger partial charge on any atom is 0.314 e. The van der Waals surface area contributed by atoms with Crippen LogP contribution >= 0.6 is 46.4 Å². The predicted molar refractivity (Wildman–Crippen MR) is 350 cm³/mol. The van der Waals surface area contributed by atoms with Crippen LogP contribution in [0.4, 0.5) is 9.59 Å². The largest absolute Gasteiger partial charge is 0.484 e. The van der Waals surface area contributed by atoms with Crippen molar-refractivity contribution < 1.29 is 54.8 Å². The Balaban J connectivity index is 0.603. The zero-order chi connectivity index (χ0) is 64.5. The van der Waals surface area contributed by atoms with Gasteiger partial charge in [-0.05, 0) is 174 Å². The number of piperidine rings is 2. The number of halogens is 4. The third kappa shape index (κ3) is 20.1. The molecule has 4 amide bonds. The van der Waals surface area contributed by atoms with E-state index in [2.05, 4.69) is 40.5 Å². The Morgan fingerprint density at radius 3 is 1.24 bits per heavy atom. The second kappa shape index (κ2) is 34.2. The number of likely N-dealkylation sites (tertiary alicyclic amines) is 2. The topological polar surface area (TPSA) is 288 Å². The standard InChI is InChI=1S/C62H88Cl4N10O12S2/c1-39-29-57(41(3)27-55(39)87-59-49-31-43(63)33-51(65)47(49)35-53(59)75-17-7-9-45(67)37-75)89(79,80)73-15-21-85-25-23-83-19-13-71-61(77)69-11-5-6-12-70-62(78)72-14-20-84-24-26-86-22-16-74-90(81,82)58-30-40(2)56(28-42(58)4)88-60-50-32-44(64)34-52(66)48(50)36-54(60)76-18-8-10-46(68)38-76/h27-34,45-46,53-54,59-60,73-74H,5-26,35-38,67-68H2,1-4H3,(H2,69,71,77)(H2,70,72,78)/t45-,46-,53+,54+,59+,60+/m1/s1. The Morgan fingerprint density at radius 2 is 0.867 bits per heavy atom. The highest BCUT2D eigenvalue weighted by Gasteiger charge is 2.43. The van der Waals surface area contributed by atoms with Crippen LogP contribution in [0.3, 0.4) is 0 Å². The average Bonchev–Trinajstić information content (AvgIpc) is 1.60. The van der Waals surface area contributed by atoms with E-state index in [4.69, 9.17) is 86.3 Å². The lowest BCUT2D eigenvalue weighted by Gasteiger charge is -2.38. The molecule has 0 bridgehead atoms. The minimum Gasteiger partial charge on any atom is -0.484 e. The molecule has 10 N–H and O–H groups in total. The van der Waals surface area contributed by atoms with Crippen LogP contribution in [0, 0.1) is 27.7 Å². The summed E-state index contributed by atoms with van der Waals surface area (Å²) in [5.74, 6) is 1.16. The van der Waals surface area contributed by atoms with Crippen LogP contribution < -0.4 is 51.7 Å². The first kappa shape index (κ1) is 71.5. The molecule has 2 saturated heterocycles. The SMILES string of the molecule is Cc1cc(S(=O)(=O)NCCOCCOCCNC(=O)NCCCCNC(=O)NCCOCCOCCNS(=O)(=O)c2cc(C)c(O[C@H]3c4cc(Cl)cc(Cl)c4C[C@@H]3N3CCC[C@@H](N)C3)cc2C)c(C)cc1O[C@H]1c2cc(Cl)cc(Cl)c2C[C@@H]1N1CCC[C@@H](N)C1. The van der Waals surface area contributed by atoms with Crippen LogP contribution in [0.15, 0.2) is 58.3 Å².